The average Bonchev–Trinajstić information content (AvgIpc) is 2.94. The molecule has 1 heterocycles. The lowest BCUT2D eigenvalue weighted by Crippen LogP contribution is -2.55. The summed E-state index contributed by atoms with van der Waals surface area (Å²) >= 11 is 1.49. The van der Waals surface area contributed by atoms with Crippen LogP contribution in [0, 0.1) is 0 Å². The van der Waals surface area contributed by atoms with Crippen LogP contribution in [0.4, 0.5) is 0 Å². The summed E-state index contributed by atoms with van der Waals surface area (Å²) in [6.45, 7) is 3.91. The van der Waals surface area contributed by atoms with Crippen LogP contribution in [0.25, 0.3) is 0 Å². The second-order valence-corrected chi connectivity index (χ2v) is 8.73. The molecule has 0 aromatic heterocycles. The van der Waals surface area contributed by atoms with Crippen molar-refractivity contribution in [2.45, 2.75) is 50.0 Å². The Bertz CT molecular complexity index is 681. The molecule has 0 bridgehead atoms. The molecule has 1 aromatic carbocycles. The molecule has 0 radical (unpaired) electrons. The summed E-state index contributed by atoms with van der Waals surface area (Å²) in [5.74, 6) is -0.948. The molecule has 0 spiro atoms. The van der Waals surface area contributed by atoms with Crippen LogP contribution in [-0.2, 0) is 20.8 Å². The molecule has 1 saturated heterocycles. The number of aliphatic hydroxyl groups excluding tert-OH is 1. The fourth-order valence-corrected chi connectivity index (χ4v) is 4.22. The quantitative estimate of drug-likeness (QED) is 0.600. The molecular weight excluding hydrogens is 366 g/mol. The molecule has 27 heavy (non-hydrogen) atoms. The lowest BCUT2D eigenvalue weighted by atomic mass is 9.99. The SMILES string of the molecule is CC1(C)SCN(C(=O)[C@@H](O)CCc2ccccc2)C1C(=O)NCCC(N)=O. The Hall–Kier alpha value is -2.06. The minimum Gasteiger partial charge on any atom is -0.383 e. The highest BCUT2D eigenvalue weighted by atomic mass is 32.2. The summed E-state index contributed by atoms with van der Waals surface area (Å²) in [4.78, 5) is 37.6. The Labute approximate surface area is 163 Å². The number of hydrogen-bond acceptors (Lipinski definition) is 5. The normalized spacial score (nSPS) is 19.5. The van der Waals surface area contributed by atoms with Gasteiger partial charge in [0.25, 0.3) is 5.91 Å². The van der Waals surface area contributed by atoms with E-state index in [1.54, 1.807) is 0 Å². The van der Waals surface area contributed by atoms with Crippen molar-refractivity contribution >= 4 is 29.5 Å². The molecule has 1 unspecified atom stereocenters. The van der Waals surface area contributed by atoms with Crippen LogP contribution in [0.5, 0.6) is 0 Å². The van der Waals surface area contributed by atoms with Gasteiger partial charge < -0.3 is 21.1 Å². The second-order valence-electron chi connectivity index (χ2n) is 7.13. The van der Waals surface area contributed by atoms with E-state index in [0.29, 0.717) is 18.7 Å². The number of thioether (sulfide) groups is 1. The summed E-state index contributed by atoms with van der Waals surface area (Å²) < 4.78 is -0.494. The van der Waals surface area contributed by atoms with Gasteiger partial charge in [0.05, 0.1) is 5.88 Å². The first-order valence-corrected chi connectivity index (χ1v) is 9.93. The first-order valence-electron chi connectivity index (χ1n) is 8.95. The maximum absolute atomic E-state index is 12.8. The van der Waals surface area contributed by atoms with E-state index in [0.717, 1.165) is 5.56 Å². The standard InChI is InChI=1S/C19H27N3O4S/c1-19(2)16(17(25)21-11-10-15(20)24)22(12-27-19)18(26)14(23)9-8-13-6-4-3-5-7-13/h3-7,14,16,23H,8-12H2,1-2H3,(H2,20,24)(H,21,25)/t14-,16?/m0/s1. The smallest absolute Gasteiger partial charge is 0.252 e. The van der Waals surface area contributed by atoms with Crippen molar-refractivity contribution in [2.24, 2.45) is 5.73 Å². The summed E-state index contributed by atoms with van der Waals surface area (Å²) in [7, 11) is 0. The molecule has 2 rings (SSSR count). The molecule has 7 nitrogen and oxygen atoms in total. The Morgan fingerprint density at radius 2 is 2.00 bits per heavy atom. The molecule has 2 atom stereocenters. The van der Waals surface area contributed by atoms with Crippen molar-refractivity contribution in [2.75, 3.05) is 12.4 Å². The Kier molecular flexibility index (Phi) is 7.26. The number of carbonyl (C=O) groups excluding carboxylic acids is 3. The van der Waals surface area contributed by atoms with Gasteiger partial charge in [0.1, 0.15) is 12.1 Å². The molecule has 4 N–H and O–H groups in total. The van der Waals surface area contributed by atoms with Crippen molar-refractivity contribution in [3.05, 3.63) is 35.9 Å². The van der Waals surface area contributed by atoms with Gasteiger partial charge in [-0.2, -0.15) is 0 Å². The topological polar surface area (TPSA) is 113 Å². The van der Waals surface area contributed by atoms with Gasteiger partial charge in [0, 0.05) is 17.7 Å². The van der Waals surface area contributed by atoms with E-state index in [1.165, 1.54) is 16.7 Å². The Balaban J connectivity index is 1.99. The molecule has 0 aliphatic carbocycles. The fraction of sp³-hybridized carbons (Fsp3) is 0.526. The van der Waals surface area contributed by atoms with Gasteiger partial charge >= 0.3 is 0 Å². The van der Waals surface area contributed by atoms with Crippen LogP contribution in [0.3, 0.4) is 0 Å². The number of aryl methyl sites for hydroxylation is 1. The number of aliphatic hydroxyl groups is 1. The third-order valence-corrected chi connectivity index (χ3v) is 5.96. The van der Waals surface area contributed by atoms with Crippen molar-refractivity contribution < 1.29 is 19.5 Å². The largest absolute Gasteiger partial charge is 0.383 e. The van der Waals surface area contributed by atoms with Gasteiger partial charge in [0.15, 0.2) is 0 Å². The zero-order valence-electron chi connectivity index (χ0n) is 15.7. The lowest BCUT2D eigenvalue weighted by Gasteiger charge is -2.31. The number of hydrogen-bond donors (Lipinski definition) is 3. The minimum absolute atomic E-state index is 0.0413. The van der Waals surface area contributed by atoms with E-state index in [1.807, 2.05) is 44.2 Å². The van der Waals surface area contributed by atoms with Crippen LogP contribution in [0.2, 0.25) is 0 Å². The number of rotatable bonds is 8. The van der Waals surface area contributed by atoms with Gasteiger partial charge in [0.2, 0.25) is 11.8 Å². The maximum atomic E-state index is 12.8. The van der Waals surface area contributed by atoms with E-state index in [9.17, 15) is 19.5 Å². The first kappa shape index (κ1) is 21.2. The molecule has 1 aliphatic heterocycles. The zero-order chi connectivity index (χ0) is 20.0. The van der Waals surface area contributed by atoms with Crippen LogP contribution >= 0.6 is 11.8 Å². The summed E-state index contributed by atoms with van der Waals surface area (Å²) in [6.07, 6.45) is -0.256. The summed E-state index contributed by atoms with van der Waals surface area (Å²) in [6, 6.07) is 8.91. The molecule has 1 aromatic rings. The minimum atomic E-state index is -1.17. The zero-order valence-corrected chi connectivity index (χ0v) is 16.5. The summed E-state index contributed by atoms with van der Waals surface area (Å²) in [5.41, 5.74) is 6.13. The van der Waals surface area contributed by atoms with Gasteiger partial charge in [-0.05, 0) is 32.3 Å². The number of nitrogens with two attached hydrogens (primary N) is 1. The van der Waals surface area contributed by atoms with Crippen LogP contribution in [0.1, 0.15) is 32.3 Å². The Morgan fingerprint density at radius 1 is 1.33 bits per heavy atom. The van der Waals surface area contributed by atoms with Crippen molar-refractivity contribution in [3.63, 3.8) is 0 Å². The highest BCUT2D eigenvalue weighted by molar-refractivity contribution is 8.00. The van der Waals surface area contributed by atoms with Gasteiger partial charge in [-0.25, -0.2) is 0 Å². The van der Waals surface area contributed by atoms with E-state index in [2.05, 4.69) is 5.32 Å². The molecule has 148 valence electrons. The van der Waals surface area contributed by atoms with Gasteiger partial charge in [-0.3, -0.25) is 14.4 Å². The molecule has 0 saturated carbocycles. The van der Waals surface area contributed by atoms with E-state index < -0.39 is 28.7 Å². The van der Waals surface area contributed by atoms with Gasteiger partial charge in [-0.1, -0.05) is 30.3 Å². The third kappa shape index (κ3) is 5.71. The van der Waals surface area contributed by atoms with E-state index >= 15 is 0 Å². The van der Waals surface area contributed by atoms with E-state index in [4.69, 9.17) is 5.73 Å². The molecular formula is C19H27N3O4S. The van der Waals surface area contributed by atoms with E-state index in [-0.39, 0.29) is 18.9 Å². The summed E-state index contributed by atoms with van der Waals surface area (Å²) in [5, 5.41) is 13.0. The molecule has 1 fully saturated rings. The predicted molar refractivity (Wildman–Crippen MR) is 105 cm³/mol. The van der Waals surface area contributed by atoms with Crippen LogP contribution in [-0.4, -0.2) is 57.0 Å². The number of benzene rings is 1. The lowest BCUT2D eigenvalue weighted by molar-refractivity contribution is -0.146. The number of nitrogens with zero attached hydrogens (tertiary/aromatic N) is 1. The monoisotopic (exact) mass is 393 g/mol. The average molecular weight is 394 g/mol. The van der Waals surface area contributed by atoms with Gasteiger partial charge in [-0.15, -0.1) is 11.8 Å². The van der Waals surface area contributed by atoms with Crippen LogP contribution < -0.4 is 11.1 Å². The van der Waals surface area contributed by atoms with Crippen molar-refractivity contribution in [1.82, 2.24) is 10.2 Å². The highest BCUT2D eigenvalue weighted by Gasteiger charge is 2.48. The number of nitrogens with one attached hydrogen (secondary N) is 1. The number of carbonyl (C=O) groups is 3. The fourth-order valence-electron chi connectivity index (χ4n) is 3.08. The Morgan fingerprint density at radius 3 is 2.63 bits per heavy atom. The molecule has 8 heteroatoms. The maximum Gasteiger partial charge on any atom is 0.252 e. The van der Waals surface area contributed by atoms with Crippen LogP contribution in [0.15, 0.2) is 30.3 Å². The second kappa shape index (κ2) is 9.23. The molecule has 1 aliphatic rings. The number of primary amides is 1. The molecule has 3 amide bonds. The third-order valence-electron chi connectivity index (χ3n) is 4.58. The first-order chi connectivity index (χ1) is 12.7. The number of amides is 3. The van der Waals surface area contributed by atoms with Crippen molar-refractivity contribution in [3.8, 4) is 0 Å². The highest BCUT2D eigenvalue weighted by Crippen LogP contribution is 2.39. The predicted octanol–water partition coefficient (Wildman–Crippen LogP) is 0.652. The van der Waals surface area contributed by atoms with Crippen molar-refractivity contribution in [1.29, 1.82) is 0 Å².